The van der Waals surface area contributed by atoms with Gasteiger partial charge in [-0.1, -0.05) is 36.4 Å². The Morgan fingerprint density at radius 3 is 2.52 bits per heavy atom. The Morgan fingerprint density at radius 1 is 1.04 bits per heavy atom. The second kappa shape index (κ2) is 9.77. The summed E-state index contributed by atoms with van der Waals surface area (Å²) >= 11 is 0. The lowest BCUT2D eigenvalue weighted by molar-refractivity contribution is 0.282. The van der Waals surface area contributed by atoms with Crippen molar-refractivity contribution in [1.82, 2.24) is 0 Å². The zero-order chi connectivity index (χ0) is 16.8. The Labute approximate surface area is 166 Å². The molecule has 0 aromatic heterocycles. The number of aryl methyl sites for hydroxylation is 1. The van der Waals surface area contributed by atoms with Crippen LogP contribution in [0.4, 0.5) is 5.69 Å². The molecule has 0 bridgehead atoms. The number of halogens is 1. The summed E-state index contributed by atoms with van der Waals surface area (Å²) in [4.78, 5) is 4.44. The fourth-order valence-corrected chi connectivity index (χ4v) is 3.19. The van der Waals surface area contributed by atoms with Gasteiger partial charge in [0.25, 0.3) is 0 Å². The zero-order valence-electron chi connectivity index (χ0n) is 14.4. The number of aliphatic hydroxyl groups is 1. The third-order valence-corrected chi connectivity index (χ3v) is 4.55. The van der Waals surface area contributed by atoms with Gasteiger partial charge in [0.2, 0.25) is 0 Å². The number of hydrogen-bond acceptors (Lipinski definition) is 2. The van der Waals surface area contributed by atoms with E-state index in [0.29, 0.717) is 12.5 Å². The van der Waals surface area contributed by atoms with Crippen LogP contribution in [0.25, 0.3) is 0 Å². The lowest BCUT2D eigenvalue weighted by Gasteiger charge is -2.19. The van der Waals surface area contributed by atoms with Gasteiger partial charge in [-0.2, -0.15) is 0 Å². The first kappa shape index (κ1) is 19.7. The largest absolute Gasteiger partial charge is 0.392 e. The quantitative estimate of drug-likeness (QED) is 0.369. The number of benzene rings is 2. The molecule has 0 atom stereocenters. The van der Waals surface area contributed by atoms with Crippen LogP contribution in [0.5, 0.6) is 0 Å². The Hall–Kier alpha value is -1.60. The third kappa shape index (κ3) is 5.44. The van der Waals surface area contributed by atoms with E-state index in [9.17, 15) is 0 Å². The standard InChI is InChI=1S/C20H25N3O.HI/c21-20(22-13-12-15-8-10-16(14-24)11-9-15)23-19-7-3-5-17-4-1-2-6-18(17)19;/h3,5,7-11,24H,1-2,4,6,12-14H2,(H3,21,22,23);1H. The van der Waals surface area contributed by atoms with E-state index >= 15 is 0 Å². The molecule has 134 valence electrons. The van der Waals surface area contributed by atoms with Crippen molar-refractivity contribution in [1.29, 1.82) is 0 Å². The number of rotatable bonds is 5. The first-order valence-electron chi connectivity index (χ1n) is 8.62. The van der Waals surface area contributed by atoms with Crippen molar-refractivity contribution in [2.75, 3.05) is 11.9 Å². The predicted molar refractivity (Wildman–Crippen MR) is 115 cm³/mol. The zero-order valence-corrected chi connectivity index (χ0v) is 16.7. The molecule has 4 N–H and O–H groups in total. The molecular weight excluding hydrogens is 425 g/mol. The SMILES string of the molecule is I.NC(=NCCc1ccc(CO)cc1)Nc1cccc2c1CCCC2. The van der Waals surface area contributed by atoms with Crippen molar-refractivity contribution >= 4 is 35.6 Å². The normalized spacial score (nSPS) is 13.7. The summed E-state index contributed by atoms with van der Waals surface area (Å²) in [5, 5.41) is 12.3. The van der Waals surface area contributed by atoms with Gasteiger partial charge in [0.05, 0.1) is 6.61 Å². The Bertz CT molecular complexity index is 713. The molecule has 2 aromatic carbocycles. The minimum Gasteiger partial charge on any atom is -0.392 e. The highest BCUT2D eigenvalue weighted by Crippen LogP contribution is 2.27. The molecular formula is C20H26IN3O. The fourth-order valence-electron chi connectivity index (χ4n) is 3.19. The van der Waals surface area contributed by atoms with E-state index in [1.54, 1.807) is 0 Å². The second-order valence-electron chi connectivity index (χ2n) is 6.27. The molecule has 0 heterocycles. The van der Waals surface area contributed by atoms with E-state index in [1.165, 1.54) is 29.5 Å². The van der Waals surface area contributed by atoms with E-state index in [4.69, 9.17) is 10.8 Å². The van der Waals surface area contributed by atoms with Crippen LogP contribution in [0.15, 0.2) is 47.5 Å². The van der Waals surface area contributed by atoms with Gasteiger partial charge in [-0.15, -0.1) is 24.0 Å². The van der Waals surface area contributed by atoms with Crippen LogP contribution in [0.2, 0.25) is 0 Å². The summed E-state index contributed by atoms with van der Waals surface area (Å²) in [5.41, 5.74) is 12.1. The third-order valence-electron chi connectivity index (χ3n) is 4.55. The van der Waals surface area contributed by atoms with Crippen molar-refractivity contribution < 1.29 is 5.11 Å². The number of nitrogens with two attached hydrogens (primary N) is 1. The Kier molecular flexibility index (Phi) is 7.71. The fraction of sp³-hybridized carbons (Fsp3) is 0.350. The molecule has 5 heteroatoms. The second-order valence-corrected chi connectivity index (χ2v) is 6.27. The number of nitrogens with one attached hydrogen (secondary N) is 1. The molecule has 0 unspecified atom stereocenters. The van der Waals surface area contributed by atoms with E-state index in [0.717, 1.165) is 30.5 Å². The van der Waals surface area contributed by atoms with Crippen molar-refractivity contribution in [3.63, 3.8) is 0 Å². The Morgan fingerprint density at radius 2 is 1.76 bits per heavy atom. The predicted octanol–water partition coefficient (Wildman–Crippen LogP) is 3.65. The topological polar surface area (TPSA) is 70.6 Å². The first-order valence-corrected chi connectivity index (χ1v) is 8.62. The Balaban J connectivity index is 0.00000225. The average Bonchev–Trinajstić information content (AvgIpc) is 2.63. The van der Waals surface area contributed by atoms with Crippen LogP contribution < -0.4 is 11.1 Å². The van der Waals surface area contributed by atoms with Crippen LogP contribution in [-0.2, 0) is 25.9 Å². The molecule has 1 aliphatic rings. The van der Waals surface area contributed by atoms with Crippen LogP contribution in [0.3, 0.4) is 0 Å². The summed E-state index contributed by atoms with van der Waals surface area (Å²) in [6, 6.07) is 14.3. The number of fused-ring (bicyclic) bond motifs is 1. The molecule has 0 saturated carbocycles. The van der Waals surface area contributed by atoms with Crippen molar-refractivity contribution in [2.24, 2.45) is 10.7 Å². The molecule has 4 nitrogen and oxygen atoms in total. The molecule has 0 fully saturated rings. The van der Waals surface area contributed by atoms with Crippen LogP contribution in [0, 0.1) is 0 Å². The van der Waals surface area contributed by atoms with Crippen molar-refractivity contribution in [3.05, 3.63) is 64.7 Å². The number of nitrogens with zero attached hydrogens (tertiary/aromatic N) is 1. The van der Waals surface area contributed by atoms with E-state index in [2.05, 4.69) is 28.5 Å². The van der Waals surface area contributed by atoms with Crippen LogP contribution in [0.1, 0.15) is 35.1 Å². The maximum Gasteiger partial charge on any atom is 0.193 e. The molecule has 0 saturated heterocycles. The molecule has 0 radical (unpaired) electrons. The molecule has 1 aliphatic carbocycles. The molecule has 3 rings (SSSR count). The number of aliphatic hydroxyl groups excluding tert-OH is 1. The maximum atomic E-state index is 9.06. The highest BCUT2D eigenvalue weighted by atomic mass is 127. The van der Waals surface area contributed by atoms with Gasteiger partial charge in [-0.3, -0.25) is 4.99 Å². The van der Waals surface area contributed by atoms with Gasteiger partial charge in [0.1, 0.15) is 0 Å². The summed E-state index contributed by atoms with van der Waals surface area (Å²) in [6.07, 6.45) is 5.62. The van der Waals surface area contributed by atoms with Gasteiger partial charge in [0.15, 0.2) is 5.96 Å². The van der Waals surface area contributed by atoms with E-state index in [-0.39, 0.29) is 30.6 Å². The number of aliphatic imine (C=N–C) groups is 1. The molecule has 25 heavy (non-hydrogen) atoms. The summed E-state index contributed by atoms with van der Waals surface area (Å²) in [7, 11) is 0. The van der Waals surface area contributed by atoms with Gasteiger partial charge in [-0.25, -0.2) is 0 Å². The molecule has 2 aromatic rings. The lowest BCUT2D eigenvalue weighted by atomic mass is 9.90. The number of anilines is 1. The van der Waals surface area contributed by atoms with Crippen molar-refractivity contribution in [3.8, 4) is 0 Å². The summed E-state index contributed by atoms with van der Waals surface area (Å²) in [5.74, 6) is 0.473. The molecule has 0 amide bonds. The first-order chi connectivity index (χ1) is 11.8. The number of hydrogen-bond donors (Lipinski definition) is 3. The average molecular weight is 451 g/mol. The summed E-state index contributed by atoms with van der Waals surface area (Å²) in [6.45, 7) is 0.725. The summed E-state index contributed by atoms with van der Waals surface area (Å²) < 4.78 is 0. The van der Waals surface area contributed by atoms with Gasteiger partial charge >= 0.3 is 0 Å². The highest BCUT2D eigenvalue weighted by molar-refractivity contribution is 14.0. The highest BCUT2D eigenvalue weighted by Gasteiger charge is 2.12. The van der Waals surface area contributed by atoms with Crippen LogP contribution >= 0.6 is 24.0 Å². The van der Waals surface area contributed by atoms with Gasteiger partial charge in [0, 0.05) is 12.2 Å². The lowest BCUT2D eigenvalue weighted by Crippen LogP contribution is -2.24. The molecule has 0 spiro atoms. The van der Waals surface area contributed by atoms with Crippen LogP contribution in [-0.4, -0.2) is 17.6 Å². The number of guanidine groups is 1. The van der Waals surface area contributed by atoms with Gasteiger partial charge < -0.3 is 16.2 Å². The molecule has 0 aliphatic heterocycles. The maximum absolute atomic E-state index is 9.06. The van der Waals surface area contributed by atoms with Crippen molar-refractivity contribution in [2.45, 2.75) is 38.7 Å². The minimum absolute atomic E-state index is 0. The minimum atomic E-state index is 0. The smallest absolute Gasteiger partial charge is 0.193 e. The monoisotopic (exact) mass is 451 g/mol. The van der Waals surface area contributed by atoms with E-state index in [1.807, 2.05) is 24.3 Å². The van der Waals surface area contributed by atoms with Gasteiger partial charge in [-0.05, 0) is 60.4 Å². The van der Waals surface area contributed by atoms with E-state index < -0.39 is 0 Å².